The predicted octanol–water partition coefficient (Wildman–Crippen LogP) is 3.41. The van der Waals surface area contributed by atoms with E-state index in [0.717, 1.165) is 16.8 Å². The van der Waals surface area contributed by atoms with Crippen LogP contribution in [0.1, 0.15) is 12.5 Å². The summed E-state index contributed by atoms with van der Waals surface area (Å²) in [6.45, 7) is 2.20. The monoisotopic (exact) mass is 398 g/mol. The van der Waals surface area contributed by atoms with Crippen molar-refractivity contribution in [2.24, 2.45) is 5.73 Å². The van der Waals surface area contributed by atoms with Crippen molar-refractivity contribution in [3.05, 3.63) is 72.2 Å². The first kappa shape index (κ1) is 19.6. The van der Waals surface area contributed by atoms with E-state index in [2.05, 4.69) is 10.3 Å². The Kier molecular flexibility index (Phi) is 6.10. The van der Waals surface area contributed by atoms with E-state index in [0.29, 0.717) is 11.7 Å². The van der Waals surface area contributed by atoms with Gasteiger partial charge < -0.3 is 10.3 Å². The average Bonchev–Trinajstić information content (AvgIpc) is 3.05. The number of thioether (sulfide) groups is 1. The van der Waals surface area contributed by atoms with Crippen LogP contribution in [0.25, 0.3) is 11.3 Å². The average molecular weight is 398 g/mol. The second kappa shape index (κ2) is 8.71. The Bertz CT molecular complexity index is 974. The highest BCUT2D eigenvalue weighted by atomic mass is 32.2. The van der Waals surface area contributed by atoms with Gasteiger partial charge in [0.1, 0.15) is 5.82 Å². The molecule has 1 atom stereocenters. The molecule has 0 fully saturated rings. The number of carbonyl (C=O) groups is 2. The van der Waals surface area contributed by atoms with Gasteiger partial charge in [-0.15, -0.1) is 0 Å². The lowest BCUT2D eigenvalue weighted by molar-refractivity contribution is -0.119. The highest BCUT2D eigenvalue weighted by molar-refractivity contribution is 8.00. The number of nitrogens with zero attached hydrogens (tertiary/aromatic N) is 2. The van der Waals surface area contributed by atoms with E-state index in [1.165, 1.54) is 23.9 Å². The van der Waals surface area contributed by atoms with Crippen molar-refractivity contribution >= 4 is 23.7 Å². The minimum Gasteiger partial charge on any atom is -0.351 e. The fourth-order valence-corrected chi connectivity index (χ4v) is 3.54. The zero-order valence-corrected chi connectivity index (χ0v) is 15.9. The summed E-state index contributed by atoms with van der Waals surface area (Å²) in [7, 11) is 0. The van der Waals surface area contributed by atoms with Crippen molar-refractivity contribution in [3.8, 4) is 11.3 Å². The van der Waals surface area contributed by atoms with Gasteiger partial charge in [-0.05, 0) is 42.3 Å². The number of nitrogens with one attached hydrogen (secondary N) is 1. The third-order valence-corrected chi connectivity index (χ3v) is 5.14. The van der Waals surface area contributed by atoms with Crippen LogP contribution in [0.4, 0.5) is 9.18 Å². The number of benzene rings is 2. The third-order valence-electron chi connectivity index (χ3n) is 4.04. The molecule has 8 heteroatoms. The van der Waals surface area contributed by atoms with E-state index < -0.39 is 17.2 Å². The van der Waals surface area contributed by atoms with Crippen LogP contribution in [0, 0.1) is 5.82 Å². The zero-order valence-electron chi connectivity index (χ0n) is 15.1. The topological polar surface area (TPSA) is 90.0 Å². The number of rotatable bonds is 6. The van der Waals surface area contributed by atoms with Crippen molar-refractivity contribution in [1.29, 1.82) is 0 Å². The molecule has 2 aromatic carbocycles. The molecule has 0 radical (unpaired) electrons. The molecule has 3 amide bonds. The van der Waals surface area contributed by atoms with Crippen molar-refractivity contribution in [3.63, 3.8) is 0 Å². The van der Waals surface area contributed by atoms with E-state index in [9.17, 15) is 14.0 Å². The largest absolute Gasteiger partial charge is 0.351 e. The summed E-state index contributed by atoms with van der Waals surface area (Å²) in [5.74, 6) is -0.806. The summed E-state index contributed by atoms with van der Waals surface area (Å²) >= 11 is 1.22. The van der Waals surface area contributed by atoms with Crippen molar-refractivity contribution in [2.45, 2.75) is 23.9 Å². The quantitative estimate of drug-likeness (QED) is 0.623. The van der Waals surface area contributed by atoms with Gasteiger partial charge in [-0.3, -0.25) is 10.1 Å². The van der Waals surface area contributed by atoms with Crippen LogP contribution < -0.4 is 11.1 Å². The molecule has 144 valence electrons. The van der Waals surface area contributed by atoms with Crippen LogP contribution >= 0.6 is 11.8 Å². The number of amides is 3. The highest BCUT2D eigenvalue weighted by Gasteiger charge is 2.20. The van der Waals surface area contributed by atoms with Crippen LogP contribution in [0.5, 0.6) is 0 Å². The van der Waals surface area contributed by atoms with E-state index in [-0.39, 0.29) is 5.82 Å². The molecule has 0 spiro atoms. The summed E-state index contributed by atoms with van der Waals surface area (Å²) in [5, 5.41) is 2.11. The summed E-state index contributed by atoms with van der Waals surface area (Å²) in [4.78, 5) is 27.4. The molecule has 3 aromatic rings. The molecule has 0 unspecified atom stereocenters. The number of imide groups is 1. The van der Waals surface area contributed by atoms with Gasteiger partial charge in [0.15, 0.2) is 5.16 Å². The van der Waals surface area contributed by atoms with E-state index >= 15 is 0 Å². The minimum absolute atomic E-state index is 0.316. The molecule has 0 saturated carbocycles. The molecular weight excluding hydrogens is 379 g/mol. The minimum atomic E-state index is -0.892. The first-order valence-electron chi connectivity index (χ1n) is 8.56. The Hall–Kier alpha value is -3.13. The first-order valence-corrected chi connectivity index (χ1v) is 9.44. The molecule has 3 N–H and O–H groups in total. The lowest BCUT2D eigenvalue weighted by atomic mass is 10.1. The van der Waals surface area contributed by atoms with Gasteiger partial charge in [0.25, 0.3) is 0 Å². The number of hydrogen-bond donors (Lipinski definition) is 2. The van der Waals surface area contributed by atoms with Gasteiger partial charge in [0.2, 0.25) is 5.91 Å². The standard InChI is InChI=1S/C20H19FN4O2S/c1-13(18(26)24-19(22)27)28-20-23-11-17(15-7-9-16(21)10-8-15)25(20)12-14-5-3-2-4-6-14/h2-11,13H,12H2,1H3,(H3,22,24,26,27)/t13-/m1/s1. The van der Waals surface area contributed by atoms with Gasteiger partial charge >= 0.3 is 6.03 Å². The SMILES string of the molecule is C[C@@H](Sc1ncc(-c2ccc(F)cc2)n1Cc1ccccc1)C(=O)NC(N)=O. The van der Waals surface area contributed by atoms with E-state index in [1.807, 2.05) is 34.9 Å². The third kappa shape index (κ3) is 4.77. The van der Waals surface area contributed by atoms with Crippen LogP contribution in [0.3, 0.4) is 0 Å². The number of hydrogen-bond acceptors (Lipinski definition) is 4. The van der Waals surface area contributed by atoms with Gasteiger partial charge in [0.05, 0.1) is 23.7 Å². The Morgan fingerprint density at radius 3 is 2.50 bits per heavy atom. The second-order valence-corrected chi connectivity index (χ2v) is 7.43. The molecule has 0 aliphatic rings. The summed E-state index contributed by atoms with van der Waals surface area (Å²) < 4.78 is 15.3. The maximum absolute atomic E-state index is 13.3. The number of halogens is 1. The maximum atomic E-state index is 13.3. The fourth-order valence-electron chi connectivity index (χ4n) is 2.66. The molecule has 28 heavy (non-hydrogen) atoms. The number of nitrogens with two attached hydrogens (primary N) is 1. The number of carbonyl (C=O) groups excluding carboxylic acids is 2. The lowest BCUT2D eigenvalue weighted by Crippen LogP contribution is -2.39. The zero-order chi connectivity index (χ0) is 20.1. The van der Waals surface area contributed by atoms with Crippen LogP contribution in [-0.4, -0.2) is 26.7 Å². The Balaban J connectivity index is 1.94. The van der Waals surface area contributed by atoms with Gasteiger partial charge in [-0.2, -0.15) is 0 Å². The molecule has 0 aliphatic carbocycles. The number of aromatic nitrogens is 2. The molecule has 0 bridgehead atoms. The predicted molar refractivity (Wildman–Crippen MR) is 106 cm³/mol. The van der Waals surface area contributed by atoms with Crippen LogP contribution in [0.2, 0.25) is 0 Å². The molecule has 0 saturated heterocycles. The van der Waals surface area contributed by atoms with Crippen LogP contribution in [-0.2, 0) is 11.3 Å². The van der Waals surface area contributed by atoms with E-state index in [4.69, 9.17) is 5.73 Å². The highest BCUT2D eigenvalue weighted by Crippen LogP contribution is 2.29. The molecule has 0 aliphatic heterocycles. The lowest BCUT2D eigenvalue weighted by Gasteiger charge is -2.14. The molecular formula is C20H19FN4O2S. The second-order valence-electron chi connectivity index (χ2n) is 6.12. The molecule has 6 nitrogen and oxygen atoms in total. The first-order chi connectivity index (χ1) is 13.4. The smallest absolute Gasteiger partial charge is 0.318 e. The van der Waals surface area contributed by atoms with Gasteiger partial charge in [0, 0.05) is 0 Å². The summed E-state index contributed by atoms with van der Waals surface area (Å²) in [5.41, 5.74) is 7.68. The van der Waals surface area contributed by atoms with E-state index in [1.54, 1.807) is 25.3 Å². The van der Waals surface area contributed by atoms with Crippen molar-refractivity contribution < 1.29 is 14.0 Å². The number of urea groups is 1. The van der Waals surface area contributed by atoms with Crippen molar-refractivity contribution in [1.82, 2.24) is 14.9 Å². The van der Waals surface area contributed by atoms with Gasteiger partial charge in [-0.25, -0.2) is 14.2 Å². The normalized spacial score (nSPS) is 11.8. The fraction of sp³-hybridized carbons (Fsp3) is 0.150. The van der Waals surface area contributed by atoms with Crippen LogP contribution in [0.15, 0.2) is 66.0 Å². The number of primary amides is 1. The molecule has 1 heterocycles. The maximum Gasteiger partial charge on any atom is 0.318 e. The summed E-state index contributed by atoms with van der Waals surface area (Å²) in [6, 6.07) is 15.1. The van der Waals surface area contributed by atoms with Gasteiger partial charge in [-0.1, -0.05) is 42.1 Å². The molecule has 3 rings (SSSR count). The Morgan fingerprint density at radius 2 is 1.86 bits per heavy atom. The Labute approximate surface area is 166 Å². The number of imidazole rings is 1. The Morgan fingerprint density at radius 1 is 1.18 bits per heavy atom. The summed E-state index contributed by atoms with van der Waals surface area (Å²) in [6.07, 6.45) is 1.69. The van der Waals surface area contributed by atoms with Crippen molar-refractivity contribution in [2.75, 3.05) is 0 Å². The molecule has 1 aromatic heterocycles.